The van der Waals surface area contributed by atoms with E-state index >= 15 is 0 Å². The molecule has 0 saturated carbocycles. The van der Waals surface area contributed by atoms with Crippen LogP contribution in [0.3, 0.4) is 0 Å². The van der Waals surface area contributed by atoms with Crippen molar-refractivity contribution in [3.63, 3.8) is 0 Å². The number of halogens is 1. The van der Waals surface area contributed by atoms with Crippen LogP contribution in [0.5, 0.6) is 0 Å². The summed E-state index contributed by atoms with van der Waals surface area (Å²) in [7, 11) is -2.09. The summed E-state index contributed by atoms with van der Waals surface area (Å²) in [5.41, 5.74) is 0.636. The van der Waals surface area contributed by atoms with E-state index in [2.05, 4.69) is 20.5 Å². The second-order valence-corrected chi connectivity index (χ2v) is 7.00. The molecule has 0 fully saturated rings. The number of sulfonamides is 1. The summed E-state index contributed by atoms with van der Waals surface area (Å²) in [4.78, 5) is 15.8. The van der Waals surface area contributed by atoms with E-state index in [0.29, 0.717) is 17.2 Å². The molecule has 8 nitrogen and oxygen atoms in total. The normalized spacial score (nSPS) is 11.7. The third-order valence-corrected chi connectivity index (χ3v) is 4.28. The number of aromatic amines is 1. The molecule has 0 spiro atoms. The van der Waals surface area contributed by atoms with Gasteiger partial charge in [0.25, 0.3) is 0 Å². The fourth-order valence-electron chi connectivity index (χ4n) is 1.66. The molecule has 10 heteroatoms. The number of aromatic nitrogens is 3. The monoisotopic (exact) mass is 341 g/mol. The molecule has 1 aromatic heterocycles. The minimum absolute atomic E-state index is 0.0740. The lowest BCUT2D eigenvalue weighted by Gasteiger charge is -2.13. The van der Waals surface area contributed by atoms with Crippen molar-refractivity contribution in [3.05, 3.63) is 35.9 Å². The van der Waals surface area contributed by atoms with E-state index in [0.717, 1.165) is 10.6 Å². The number of H-pyrrole nitrogens is 1. The number of amides is 1. The number of carbonyl (C=O) groups is 1. The number of rotatable bonds is 6. The lowest BCUT2D eigenvalue weighted by atomic mass is 10.2. The van der Waals surface area contributed by atoms with Crippen molar-refractivity contribution in [2.45, 2.75) is 6.54 Å². The van der Waals surface area contributed by atoms with Crippen LogP contribution in [0.4, 0.5) is 4.39 Å². The van der Waals surface area contributed by atoms with Gasteiger partial charge in [0.05, 0.1) is 19.3 Å². The summed E-state index contributed by atoms with van der Waals surface area (Å²) in [5, 5.41) is 9.17. The van der Waals surface area contributed by atoms with E-state index in [-0.39, 0.29) is 18.9 Å². The van der Waals surface area contributed by atoms with E-state index in [1.807, 2.05) is 0 Å². The molecule has 2 N–H and O–H groups in total. The van der Waals surface area contributed by atoms with Gasteiger partial charge in [-0.1, -0.05) is 0 Å². The molecule has 0 atom stereocenters. The van der Waals surface area contributed by atoms with Gasteiger partial charge in [0, 0.05) is 12.6 Å². The second kappa shape index (κ2) is 6.84. The Morgan fingerprint density at radius 1 is 1.35 bits per heavy atom. The SMILES string of the molecule is CN(CC(=O)NCc1nc(-c2ccc(F)cc2)n[nH]1)S(C)(=O)=O. The predicted molar refractivity (Wildman–Crippen MR) is 81.1 cm³/mol. The van der Waals surface area contributed by atoms with Gasteiger partial charge in [-0.3, -0.25) is 9.89 Å². The van der Waals surface area contributed by atoms with Gasteiger partial charge in [-0.15, -0.1) is 0 Å². The highest BCUT2D eigenvalue weighted by Crippen LogP contribution is 2.14. The molecule has 124 valence electrons. The number of carbonyl (C=O) groups excluding carboxylic acids is 1. The third-order valence-electron chi connectivity index (χ3n) is 3.02. The van der Waals surface area contributed by atoms with Crippen LogP contribution in [0.15, 0.2) is 24.3 Å². The standard InChI is InChI=1S/C13H16FN5O3S/c1-19(23(2,21)22)8-12(20)15-7-11-16-13(18-17-11)9-3-5-10(14)6-4-9/h3-6H,7-8H2,1-2H3,(H,15,20)(H,16,17,18). The van der Waals surface area contributed by atoms with Crippen molar-refractivity contribution in [2.75, 3.05) is 19.8 Å². The Labute approximate surface area is 132 Å². The average molecular weight is 341 g/mol. The van der Waals surface area contributed by atoms with Crippen molar-refractivity contribution in [1.82, 2.24) is 24.8 Å². The number of likely N-dealkylation sites (N-methyl/N-ethyl adjacent to an activating group) is 1. The number of nitrogens with one attached hydrogen (secondary N) is 2. The maximum atomic E-state index is 12.9. The van der Waals surface area contributed by atoms with Gasteiger partial charge in [0.15, 0.2) is 5.82 Å². The topological polar surface area (TPSA) is 108 Å². The van der Waals surface area contributed by atoms with Crippen LogP contribution >= 0.6 is 0 Å². The Morgan fingerprint density at radius 3 is 2.61 bits per heavy atom. The van der Waals surface area contributed by atoms with Crippen LogP contribution in [0.1, 0.15) is 5.82 Å². The molecular formula is C13H16FN5O3S. The molecule has 0 aliphatic carbocycles. The van der Waals surface area contributed by atoms with Gasteiger partial charge in [-0.05, 0) is 24.3 Å². The van der Waals surface area contributed by atoms with Crippen molar-refractivity contribution < 1.29 is 17.6 Å². The molecule has 1 heterocycles. The molecule has 2 aromatic rings. The zero-order valence-electron chi connectivity index (χ0n) is 12.6. The lowest BCUT2D eigenvalue weighted by Crippen LogP contribution is -2.37. The fourth-order valence-corrected chi connectivity index (χ4v) is 2.01. The first-order chi connectivity index (χ1) is 10.8. The Bertz CT molecular complexity index is 788. The van der Waals surface area contributed by atoms with E-state index in [9.17, 15) is 17.6 Å². The summed E-state index contributed by atoms with van der Waals surface area (Å²) in [6, 6.07) is 5.69. The second-order valence-electron chi connectivity index (χ2n) is 4.91. The highest BCUT2D eigenvalue weighted by Gasteiger charge is 2.15. The first-order valence-corrected chi connectivity index (χ1v) is 8.46. The van der Waals surface area contributed by atoms with Crippen LogP contribution in [0.25, 0.3) is 11.4 Å². The highest BCUT2D eigenvalue weighted by atomic mass is 32.2. The Morgan fingerprint density at radius 2 is 2.00 bits per heavy atom. The van der Waals surface area contributed by atoms with Crippen molar-refractivity contribution in [1.29, 1.82) is 0 Å². The number of hydrogen-bond donors (Lipinski definition) is 2. The quantitative estimate of drug-likeness (QED) is 0.776. The average Bonchev–Trinajstić information content (AvgIpc) is 2.94. The Balaban J connectivity index is 1.92. The Kier molecular flexibility index (Phi) is 5.06. The molecule has 23 heavy (non-hydrogen) atoms. The maximum absolute atomic E-state index is 12.9. The molecule has 0 bridgehead atoms. The molecular weight excluding hydrogens is 325 g/mol. The molecule has 0 radical (unpaired) electrons. The minimum Gasteiger partial charge on any atom is -0.348 e. The molecule has 1 aromatic carbocycles. The van der Waals surface area contributed by atoms with Crippen LogP contribution < -0.4 is 5.32 Å². The third kappa shape index (κ3) is 4.83. The van der Waals surface area contributed by atoms with Crippen molar-refractivity contribution >= 4 is 15.9 Å². The maximum Gasteiger partial charge on any atom is 0.235 e. The van der Waals surface area contributed by atoms with Crippen LogP contribution in [-0.4, -0.2) is 53.7 Å². The van der Waals surface area contributed by atoms with Gasteiger partial charge in [-0.2, -0.15) is 9.40 Å². The summed E-state index contributed by atoms with van der Waals surface area (Å²) in [6.07, 6.45) is 1.02. The van der Waals surface area contributed by atoms with Gasteiger partial charge < -0.3 is 5.32 Å². The minimum atomic E-state index is -3.41. The summed E-state index contributed by atoms with van der Waals surface area (Å²) in [6.45, 7) is -0.206. The highest BCUT2D eigenvalue weighted by molar-refractivity contribution is 7.88. The van der Waals surface area contributed by atoms with Gasteiger partial charge >= 0.3 is 0 Å². The largest absolute Gasteiger partial charge is 0.348 e. The zero-order chi connectivity index (χ0) is 17.0. The van der Waals surface area contributed by atoms with E-state index in [1.165, 1.54) is 19.2 Å². The number of hydrogen-bond acceptors (Lipinski definition) is 5. The van der Waals surface area contributed by atoms with Crippen LogP contribution in [-0.2, 0) is 21.4 Å². The predicted octanol–water partition coefficient (Wildman–Crippen LogP) is 0.118. The molecule has 2 rings (SSSR count). The van der Waals surface area contributed by atoms with Crippen LogP contribution in [0, 0.1) is 5.82 Å². The lowest BCUT2D eigenvalue weighted by molar-refractivity contribution is -0.121. The molecule has 0 unspecified atom stereocenters. The molecule has 0 aliphatic heterocycles. The van der Waals surface area contributed by atoms with E-state index in [1.54, 1.807) is 12.1 Å². The van der Waals surface area contributed by atoms with E-state index < -0.39 is 15.9 Å². The zero-order valence-corrected chi connectivity index (χ0v) is 13.4. The summed E-state index contributed by atoms with van der Waals surface area (Å²) < 4.78 is 36.2. The van der Waals surface area contributed by atoms with Crippen molar-refractivity contribution in [3.8, 4) is 11.4 Å². The molecule has 0 saturated heterocycles. The number of benzene rings is 1. The Hall–Kier alpha value is -2.33. The van der Waals surface area contributed by atoms with E-state index in [4.69, 9.17) is 0 Å². The van der Waals surface area contributed by atoms with Gasteiger partial charge in [0.1, 0.15) is 11.6 Å². The first kappa shape index (κ1) is 17.0. The fraction of sp³-hybridized carbons (Fsp3) is 0.308. The summed E-state index contributed by atoms with van der Waals surface area (Å²) in [5.74, 6) is -0.0355. The van der Waals surface area contributed by atoms with Gasteiger partial charge in [-0.25, -0.2) is 17.8 Å². The van der Waals surface area contributed by atoms with Crippen LogP contribution in [0.2, 0.25) is 0 Å². The number of nitrogens with zero attached hydrogens (tertiary/aromatic N) is 3. The first-order valence-electron chi connectivity index (χ1n) is 6.61. The molecule has 0 aliphatic rings. The summed E-state index contributed by atoms with van der Waals surface area (Å²) >= 11 is 0. The van der Waals surface area contributed by atoms with Crippen molar-refractivity contribution in [2.24, 2.45) is 0 Å². The van der Waals surface area contributed by atoms with Gasteiger partial charge in [0.2, 0.25) is 15.9 Å². The smallest absolute Gasteiger partial charge is 0.235 e. The molecule has 1 amide bonds.